The third kappa shape index (κ3) is 8.72. The van der Waals surface area contributed by atoms with E-state index >= 15 is 19.2 Å². The lowest BCUT2D eigenvalue weighted by atomic mass is 9.43. The Labute approximate surface area is 657 Å². The Kier molecular flexibility index (Phi) is 14.6. The zero-order chi connectivity index (χ0) is 76.3. The summed E-state index contributed by atoms with van der Waals surface area (Å²) in [5, 5.41) is 11.8. The van der Waals surface area contributed by atoms with Crippen LogP contribution < -0.4 is 18.9 Å². The van der Waals surface area contributed by atoms with Gasteiger partial charge in [-0.3, -0.25) is 0 Å². The summed E-state index contributed by atoms with van der Waals surface area (Å²) in [5.41, 5.74) is 13.0. The van der Waals surface area contributed by atoms with Gasteiger partial charge in [0.05, 0.1) is 61.6 Å². The van der Waals surface area contributed by atoms with E-state index in [0.29, 0.717) is 35.1 Å². The highest BCUT2D eigenvalue weighted by Gasteiger charge is 2.69. The van der Waals surface area contributed by atoms with Crippen molar-refractivity contribution in [2.24, 2.45) is 23.7 Å². The van der Waals surface area contributed by atoms with Gasteiger partial charge < -0.3 is 37.9 Å². The molecular formula is C102H76O12. The average molecular weight is 1490 g/mol. The van der Waals surface area contributed by atoms with E-state index in [1.54, 1.807) is 28.4 Å². The molecule has 8 atom stereocenters. The number of rotatable bonds is 16. The number of hydrogen-bond donors (Lipinski definition) is 0. The van der Waals surface area contributed by atoms with Crippen molar-refractivity contribution in [2.45, 2.75) is 72.4 Å². The Morgan fingerprint density at radius 2 is 0.518 bits per heavy atom. The van der Waals surface area contributed by atoms with Crippen LogP contribution in [0, 0.1) is 23.7 Å². The number of ether oxygens (including phenoxy) is 8. The lowest BCUT2D eigenvalue weighted by Crippen LogP contribution is -2.57. The minimum Gasteiger partial charge on any atom is -0.496 e. The topological polar surface area (TPSA) is 142 Å². The van der Waals surface area contributed by atoms with Crippen molar-refractivity contribution >= 4 is 88.5 Å². The van der Waals surface area contributed by atoms with Crippen LogP contribution in [-0.4, -0.2) is 65.5 Å². The van der Waals surface area contributed by atoms with E-state index < -0.39 is 58.4 Å². The molecule has 0 unspecified atom stereocenters. The number of carbonyl (C=O) groups excluding carboxylic acids is 4. The van der Waals surface area contributed by atoms with Crippen LogP contribution in [0.15, 0.2) is 277 Å². The van der Waals surface area contributed by atoms with Crippen molar-refractivity contribution in [2.75, 3.05) is 41.7 Å². The molecule has 0 spiro atoms. The first kappa shape index (κ1) is 66.9. The van der Waals surface area contributed by atoms with Gasteiger partial charge in [-0.25, -0.2) is 19.2 Å². The van der Waals surface area contributed by atoms with Crippen molar-refractivity contribution < 1.29 is 57.1 Å². The number of methoxy groups -OCH3 is 4. The first-order chi connectivity index (χ1) is 56.1. The lowest BCUT2D eigenvalue weighted by molar-refractivity contribution is -0.147. The minimum absolute atomic E-state index is 0.0194. The zero-order valence-electron chi connectivity index (χ0n) is 63.2. The summed E-state index contributed by atoms with van der Waals surface area (Å²) < 4.78 is 53.6. The predicted octanol–water partition coefficient (Wildman–Crippen LogP) is 20.0. The fraction of sp³-hybridized carbons (Fsp3) is 0.216. The van der Waals surface area contributed by atoms with E-state index in [-0.39, 0.29) is 61.9 Å². The number of esters is 4. The molecule has 0 saturated heterocycles. The second kappa shape index (κ2) is 24.8. The molecule has 0 aromatic heterocycles. The third-order valence-electron chi connectivity index (χ3n) is 28.3. The molecule has 114 heavy (non-hydrogen) atoms. The SMILES string of the molecule is COc1c2c(c(OC)c3ccccc13)[C@@H]1C[C@H]2[C@H]2C(C(=O)OCc3c4ccccc4cc4ccccc34)=C(C(=O)OCC34c5ccccc5C(c5ccccc53)C3(COC(=O)C5=C(C(=O)OCc6c7ccccc7cc7ccccc67)[C@@H]6[C@H]5[C@@H]5C[C@H]6c6c5c(OC)c5ccccc5c6OC)c5ccccc5C4c4ccccc43)[C@H]21. The van der Waals surface area contributed by atoms with Crippen LogP contribution in [0.2, 0.25) is 0 Å². The van der Waals surface area contributed by atoms with Crippen LogP contribution in [0.1, 0.15) is 126 Å². The highest BCUT2D eigenvalue weighted by atomic mass is 16.6. The second-order valence-corrected chi connectivity index (χ2v) is 32.6. The molecule has 0 heterocycles. The van der Waals surface area contributed by atoms with Crippen molar-refractivity contribution in [3.8, 4) is 23.0 Å². The monoisotopic (exact) mass is 1490 g/mol. The molecule has 0 aliphatic heterocycles. The summed E-state index contributed by atoms with van der Waals surface area (Å²) in [7, 11) is 6.84. The average Bonchev–Trinajstić information content (AvgIpc) is 0.890. The Hall–Kier alpha value is -12.8. The molecule has 12 heteroatoms. The van der Waals surface area contributed by atoms with Gasteiger partial charge in [0, 0.05) is 90.4 Å². The quantitative estimate of drug-likeness (QED) is 0.0516. The van der Waals surface area contributed by atoms with Gasteiger partial charge in [0.15, 0.2) is 0 Å². The maximum atomic E-state index is 16.6. The number of carbonyl (C=O) groups is 4. The fourth-order valence-electron chi connectivity index (χ4n) is 24.4. The molecule has 14 aromatic rings. The summed E-state index contributed by atoms with van der Waals surface area (Å²) in [6.45, 7) is -0.254. The molecule has 12 aliphatic rings. The van der Waals surface area contributed by atoms with E-state index in [0.717, 1.165) is 166 Å². The standard InChI is InChI=1S/C102H76O12/c1-107-93-61-33-13-15-35-63(61)95(109-3)85-71-47-69(83(85)93)79-81(71)89(87(79)97(103)111-49-73-57-29-9-5-25-53(57)45-54-26-6-10-30-58(54)73)99(105)113-51-101-75-41-21-17-37-65(75)92(66-38-18-22-42-76(66)101)102(77-43-23-19-39-67(77)91(101)68-40-20-24-44-78(68)102)52-114-100(106)90-82-72-48-70(84-86(72)96(110-4)64-36-16-14-34-62(64)94(84)108-2)80(82)88(90)98(104)112-50-74-59-31-11-7-27-55(59)46-56-28-8-12-32-60(56)74/h5-46,69-72,79-82,91-92H,47-52H2,1-4H3/t69-,70+,71+,72-,79+,80-,81-,82+,91?,92?,101?,102?. The molecule has 8 bridgehead atoms. The fourth-order valence-corrected chi connectivity index (χ4v) is 24.4. The molecule has 556 valence electrons. The van der Waals surface area contributed by atoms with Crippen LogP contribution in [0.3, 0.4) is 0 Å². The van der Waals surface area contributed by atoms with E-state index in [1.807, 2.05) is 72.8 Å². The van der Waals surface area contributed by atoms with Crippen molar-refractivity contribution in [1.82, 2.24) is 0 Å². The maximum Gasteiger partial charge on any atom is 0.335 e. The van der Waals surface area contributed by atoms with Crippen LogP contribution in [0.5, 0.6) is 23.0 Å². The Morgan fingerprint density at radius 3 is 0.781 bits per heavy atom. The summed E-state index contributed by atoms with van der Waals surface area (Å²) in [4.78, 5) is 64.7. The molecule has 2 saturated carbocycles. The molecule has 0 amide bonds. The Bertz CT molecular complexity index is 6110. The molecule has 0 N–H and O–H groups in total. The van der Waals surface area contributed by atoms with Gasteiger partial charge >= 0.3 is 23.9 Å². The van der Waals surface area contributed by atoms with Gasteiger partial charge in [-0.1, -0.05) is 243 Å². The van der Waals surface area contributed by atoms with E-state index in [1.165, 1.54) is 0 Å². The highest BCUT2D eigenvalue weighted by molar-refractivity contribution is 6.10. The largest absolute Gasteiger partial charge is 0.496 e. The van der Waals surface area contributed by atoms with Gasteiger partial charge in [-0.15, -0.1) is 0 Å². The summed E-state index contributed by atoms with van der Waals surface area (Å²) in [5.74, 6) is -2.49. The first-order valence-electron chi connectivity index (χ1n) is 39.8. The number of fused-ring (bicyclic) bond motifs is 22. The van der Waals surface area contributed by atoms with Crippen LogP contribution in [-0.2, 0) is 62.2 Å². The van der Waals surface area contributed by atoms with E-state index in [9.17, 15) is 0 Å². The normalized spacial score (nSPS) is 24.0. The van der Waals surface area contributed by atoms with Gasteiger partial charge in [-0.05, 0) is 136 Å². The second-order valence-electron chi connectivity index (χ2n) is 32.6. The van der Waals surface area contributed by atoms with Crippen LogP contribution in [0.25, 0.3) is 64.6 Å². The molecule has 26 rings (SSSR count). The first-order valence-corrected chi connectivity index (χ1v) is 39.8. The van der Waals surface area contributed by atoms with E-state index in [2.05, 4.69) is 182 Å². The summed E-state index contributed by atoms with van der Waals surface area (Å²) >= 11 is 0. The predicted molar refractivity (Wildman–Crippen MR) is 438 cm³/mol. The number of benzene rings is 14. The van der Waals surface area contributed by atoms with E-state index in [4.69, 9.17) is 37.9 Å². The Morgan fingerprint density at radius 1 is 0.289 bits per heavy atom. The zero-order valence-corrected chi connectivity index (χ0v) is 63.2. The smallest absolute Gasteiger partial charge is 0.335 e. The van der Waals surface area contributed by atoms with Gasteiger partial charge in [0.1, 0.15) is 49.4 Å². The third-order valence-corrected chi connectivity index (χ3v) is 28.3. The highest BCUT2D eigenvalue weighted by Crippen LogP contribution is 2.76. The molecule has 0 radical (unpaired) electrons. The van der Waals surface area contributed by atoms with Crippen molar-refractivity contribution in [1.29, 1.82) is 0 Å². The summed E-state index contributed by atoms with van der Waals surface area (Å²) in [6.07, 6.45) is 1.34. The van der Waals surface area contributed by atoms with Crippen molar-refractivity contribution in [3.05, 3.63) is 355 Å². The maximum absolute atomic E-state index is 16.6. The van der Waals surface area contributed by atoms with Crippen LogP contribution >= 0.6 is 0 Å². The molecular weight excluding hydrogens is 1420 g/mol. The molecule has 2 fully saturated rings. The molecule has 12 nitrogen and oxygen atoms in total. The minimum atomic E-state index is -1.09. The number of hydrogen-bond acceptors (Lipinski definition) is 12. The van der Waals surface area contributed by atoms with Gasteiger partial charge in [-0.2, -0.15) is 0 Å². The molecule has 12 aliphatic carbocycles. The lowest BCUT2D eigenvalue weighted by Gasteiger charge is -2.60. The summed E-state index contributed by atoms with van der Waals surface area (Å²) in [6, 6.07) is 87.6. The Balaban J connectivity index is 0.642. The van der Waals surface area contributed by atoms with Crippen molar-refractivity contribution in [3.63, 3.8) is 0 Å². The molecule has 14 aromatic carbocycles. The van der Waals surface area contributed by atoms with Gasteiger partial charge in [0.2, 0.25) is 0 Å². The van der Waals surface area contributed by atoms with Crippen LogP contribution in [0.4, 0.5) is 0 Å². The van der Waals surface area contributed by atoms with Gasteiger partial charge in [0.25, 0.3) is 0 Å².